The fourth-order valence-electron chi connectivity index (χ4n) is 1.97. The van der Waals surface area contributed by atoms with Crippen LogP contribution in [0.25, 0.3) is 0 Å². The lowest BCUT2D eigenvalue weighted by Gasteiger charge is -2.18. The van der Waals surface area contributed by atoms with Crippen molar-refractivity contribution in [2.24, 2.45) is 0 Å². The summed E-state index contributed by atoms with van der Waals surface area (Å²) in [7, 11) is -0.293. The average molecular weight is 347 g/mol. The van der Waals surface area contributed by atoms with Crippen LogP contribution < -0.4 is 0 Å². The number of carboxylic acid groups (broad SMARTS) is 1. The summed E-state index contributed by atoms with van der Waals surface area (Å²) in [6.45, 7) is 7.67. The fourth-order valence-corrected chi connectivity index (χ4v) is 7.83. The summed E-state index contributed by atoms with van der Waals surface area (Å²) < 4.78 is 11.8. The lowest BCUT2D eigenvalue weighted by Crippen LogP contribution is -2.29. The number of carboxylic acids is 1. The van der Waals surface area contributed by atoms with Crippen LogP contribution in [0, 0.1) is 0 Å². The standard InChI is InChI=1S/C16H34O4Si2/c1-4-6-11-19-16(20-12-7-5-2)22-21-13-9-8-10-14(3)15(17)18/h10,16H,4-9,11-13,21-22H2,1-3H3,(H,17,18). The molecule has 0 fully saturated rings. The molecule has 130 valence electrons. The maximum atomic E-state index is 10.7. The van der Waals surface area contributed by atoms with E-state index in [1.165, 1.54) is 6.04 Å². The smallest absolute Gasteiger partial charge is 0.330 e. The summed E-state index contributed by atoms with van der Waals surface area (Å²) in [6, 6.07) is 1.28. The topological polar surface area (TPSA) is 55.8 Å². The maximum Gasteiger partial charge on any atom is 0.330 e. The van der Waals surface area contributed by atoms with Crippen molar-refractivity contribution in [1.82, 2.24) is 0 Å². The van der Waals surface area contributed by atoms with Gasteiger partial charge in [-0.3, -0.25) is 0 Å². The number of rotatable bonds is 15. The van der Waals surface area contributed by atoms with Crippen LogP contribution in [-0.2, 0) is 14.3 Å². The highest BCUT2D eigenvalue weighted by Crippen LogP contribution is 2.04. The van der Waals surface area contributed by atoms with Crippen LogP contribution in [0.4, 0.5) is 0 Å². The molecule has 0 radical (unpaired) electrons. The number of hydrogen-bond acceptors (Lipinski definition) is 3. The predicted octanol–water partition coefficient (Wildman–Crippen LogP) is 2.39. The van der Waals surface area contributed by atoms with Crippen LogP contribution in [0.1, 0.15) is 59.3 Å². The number of carbonyl (C=O) groups is 1. The molecule has 1 N–H and O–H groups in total. The first-order chi connectivity index (χ1) is 10.6. The minimum absolute atomic E-state index is 0.0567. The van der Waals surface area contributed by atoms with Crippen LogP contribution in [0.3, 0.4) is 0 Å². The van der Waals surface area contributed by atoms with Gasteiger partial charge in [0.15, 0.2) is 0 Å². The number of unbranched alkanes of at least 4 members (excludes halogenated alkanes) is 3. The molecule has 0 aliphatic rings. The molecule has 22 heavy (non-hydrogen) atoms. The molecule has 0 atom stereocenters. The Kier molecular flexibility index (Phi) is 15.2. The molecule has 6 heteroatoms. The Morgan fingerprint density at radius 3 is 2.23 bits per heavy atom. The minimum atomic E-state index is -0.805. The molecule has 4 nitrogen and oxygen atoms in total. The Morgan fingerprint density at radius 2 is 1.73 bits per heavy atom. The Balaban J connectivity index is 3.80. The summed E-state index contributed by atoms with van der Waals surface area (Å²) in [5.41, 5.74) is 0.461. The van der Waals surface area contributed by atoms with E-state index in [-0.39, 0.29) is 24.0 Å². The molecule has 0 aromatic carbocycles. The Morgan fingerprint density at radius 1 is 1.14 bits per heavy atom. The molecule has 0 spiro atoms. The zero-order valence-corrected chi connectivity index (χ0v) is 17.4. The second kappa shape index (κ2) is 15.5. The highest BCUT2D eigenvalue weighted by atomic mass is 29.1. The molecule has 0 heterocycles. The number of hydrogen-bond donors (Lipinski definition) is 1. The van der Waals surface area contributed by atoms with Crippen molar-refractivity contribution in [2.45, 2.75) is 71.3 Å². The highest BCUT2D eigenvalue weighted by molar-refractivity contribution is 7.01. The van der Waals surface area contributed by atoms with Crippen LogP contribution in [0.15, 0.2) is 11.6 Å². The zero-order chi connectivity index (χ0) is 16.6. The van der Waals surface area contributed by atoms with Crippen molar-refractivity contribution in [3.05, 3.63) is 11.6 Å². The van der Waals surface area contributed by atoms with Gasteiger partial charge in [0.05, 0.1) is 9.04 Å². The molecule has 0 aromatic heterocycles. The van der Waals surface area contributed by atoms with Gasteiger partial charge in [-0.2, -0.15) is 0 Å². The fraction of sp³-hybridized carbons (Fsp3) is 0.812. The third-order valence-corrected chi connectivity index (χ3v) is 10.0. The first kappa shape index (κ1) is 21.6. The maximum absolute atomic E-state index is 10.7. The van der Waals surface area contributed by atoms with Gasteiger partial charge in [0, 0.05) is 27.8 Å². The summed E-state index contributed by atoms with van der Waals surface area (Å²) in [5.74, 6) is -0.679. The van der Waals surface area contributed by atoms with Crippen LogP contribution in [0.5, 0.6) is 0 Å². The summed E-state index contributed by atoms with van der Waals surface area (Å²) in [6.07, 6.45) is 8.39. The van der Waals surface area contributed by atoms with Crippen LogP contribution in [0.2, 0.25) is 6.04 Å². The zero-order valence-electron chi connectivity index (χ0n) is 14.6. The normalized spacial score (nSPS) is 13.2. The second-order valence-corrected chi connectivity index (χ2v) is 12.2. The van der Waals surface area contributed by atoms with Crippen molar-refractivity contribution in [1.29, 1.82) is 0 Å². The summed E-state index contributed by atoms with van der Waals surface area (Å²) in [4.78, 5) is 10.7. The number of allylic oxidation sites excluding steroid dienone is 1. The van der Waals surface area contributed by atoms with Gasteiger partial charge < -0.3 is 14.6 Å². The third kappa shape index (κ3) is 13.2. The molecule has 0 rings (SSSR count). The van der Waals surface area contributed by atoms with Gasteiger partial charge in [-0.1, -0.05) is 45.2 Å². The quantitative estimate of drug-likeness (QED) is 0.214. The lowest BCUT2D eigenvalue weighted by molar-refractivity contribution is -0.132. The van der Waals surface area contributed by atoms with Gasteiger partial charge in [-0.15, -0.1) is 0 Å². The van der Waals surface area contributed by atoms with E-state index in [4.69, 9.17) is 14.6 Å². The molecule has 0 aromatic rings. The van der Waals surface area contributed by atoms with E-state index in [2.05, 4.69) is 13.8 Å². The molecule has 0 bridgehead atoms. The van der Waals surface area contributed by atoms with E-state index < -0.39 is 5.97 Å². The molecule has 0 amide bonds. The molecular weight excluding hydrogens is 312 g/mol. The molecule has 0 saturated carbocycles. The summed E-state index contributed by atoms with van der Waals surface area (Å²) in [5, 5.41) is 8.78. The SMILES string of the molecule is CCCCOC(OCCCC)[SiH2][SiH2]CCCC=C(C)C(=O)O. The van der Waals surface area contributed by atoms with E-state index in [1.807, 2.05) is 6.08 Å². The van der Waals surface area contributed by atoms with E-state index in [9.17, 15) is 4.79 Å². The van der Waals surface area contributed by atoms with Gasteiger partial charge >= 0.3 is 5.97 Å². The van der Waals surface area contributed by atoms with Crippen LogP contribution >= 0.6 is 0 Å². The van der Waals surface area contributed by atoms with Gasteiger partial charge in [-0.05, 0) is 26.2 Å². The Labute approximate surface area is 140 Å². The van der Waals surface area contributed by atoms with Crippen molar-refractivity contribution < 1.29 is 19.4 Å². The molecule has 0 aliphatic carbocycles. The number of ether oxygens (including phenoxy) is 2. The van der Waals surface area contributed by atoms with Crippen LogP contribution in [-0.4, -0.2) is 48.3 Å². The predicted molar refractivity (Wildman–Crippen MR) is 98.0 cm³/mol. The van der Waals surface area contributed by atoms with E-state index in [0.717, 1.165) is 51.7 Å². The lowest BCUT2D eigenvalue weighted by atomic mass is 10.2. The first-order valence-electron chi connectivity index (χ1n) is 8.75. The molecule has 0 aliphatic heterocycles. The van der Waals surface area contributed by atoms with E-state index in [0.29, 0.717) is 5.57 Å². The van der Waals surface area contributed by atoms with Gasteiger partial charge in [0.25, 0.3) is 0 Å². The van der Waals surface area contributed by atoms with E-state index >= 15 is 0 Å². The Hall–Kier alpha value is -0.436. The van der Waals surface area contributed by atoms with Gasteiger partial charge in [-0.25, -0.2) is 4.79 Å². The number of aliphatic carboxylic acids is 1. The minimum Gasteiger partial charge on any atom is -0.478 e. The van der Waals surface area contributed by atoms with Crippen molar-refractivity contribution >= 4 is 24.0 Å². The van der Waals surface area contributed by atoms with Crippen molar-refractivity contribution in [3.63, 3.8) is 0 Å². The van der Waals surface area contributed by atoms with Crippen molar-refractivity contribution in [2.75, 3.05) is 13.2 Å². The average Bonchev–Trinajstić information content (AvgIpc) is 2.50. The monoisotopic (exact) mass is 346 g/mol. The molecular formula is C16H34O4Si2. The largest absolute Gasteiger partial charge is 0.478 e. The third-order valence-electron chi connectivity index (χ3n) is 3.54. The Bertz CT molecular complexity index is 299. The first-order valence-corrected chi connectivity index (χ1v) is 14.6. The second-order valence-electron chi connectivity index (χ2n) is 5.71. The molecule has 0 saturated heterocycles. The van der Waals surface area contributed by atoms with Crippen molar-refractivity contribution in [3.8, 4) is 0 Å². The highest BCUT2D eigenvalue weighted by Gasteiger charge is 2.09. The summed E-state index contributed by atoms with van der Waals surface area (Å²) >= 11 is 0. The van der Waals surface area contributed by atoms with Gasteiger partial charge in [0.2, 0.25) is 0 Å². The molecule has 0 unspecified atom stereocenters. The van der Waals surface area contributed by atoms with E-state index in [1.54, 1.807) is 6.92 Å². The van der Waals surface area contributed by atoms with Gasteiger partial charge in [0.1, 0.15) is 5.91 Å².